The minimum absolute atomic E-state index is 0.903. The molecule has 2 heterocycles. The van der Waals surface area contributed by atoms with Crippen LogP contribution >= 0.6 is 22.6 Å². The van der Waals surface area contributed by atoms with Crippen molar-refractivity contribution in [1.82, 2.24) is 9.97 Å². The maximum Gasteiger partial charge on any atom is 0.145 e. The minimum Gasteiger partial charge on any atom is -0.497 e. The van der Waals surface area contributed by atoms with Gasteiger partial charge in [0.15, 0.2) is 0 Å². The molecule has 5 nitrogen and oxygen atoms in total. The van der Waals surface area contributed by atoms with E-state index in [1.165, 1.54) is 5.69 Å². The fourth-order valence-corrected chi connectivity index (χ4v) is 3.16. The van der Waals surface area contributed by atoms with Crippen LogP contribution in [-0.4, -0.2) is 43.3 Å². The van der Waals surface area contributed by atoms with Gasteiger partial charge in [0.25, 0.3) is 0 Å². The molecular weight excluding hydrogens is 379 g/mol. The van der Waals surface area contributed by atoms with Gasteiger partial charge in [-0.15, -0.1) is 0 Å². The third kappa shape index (κ3) is 3.20. The number of hydrogen-bond acceptors (Lipinski definition) is 5. The molecule has 1 aliphatic rings. The van der Waals surface area contributed by atoms with Gasteiger partial charge >= 0.3 is 0 Å². The number of piperazine rings is 1. The Labute approximate surface area is 138 Å². The highest BCUT2D eigenvalue weighted by molar-refractivity contribution is 14.1. The predicted molar refractivity (Wildman–Crippen MR) is 92.2 cm³/mol. The lowest BCUT2D eigenvalue weighted by Gasteiger charge is -2.37. The molecule has 6 heteroatoms. The van der Waals surface area contributed by atoms with Crippen molar-refractivity contribution in [2.75, 3.05) is 43.1 Å². The van der Waals surface area contributed by atoms with Crippen molar-refractivity contribution >= 4 is 34.1 Å². The van der Waals surface area contributed by atoms with Crippen molar-refractivity contribution in [2.24, 2.45) is 0 Å². The van der Waals surface area contributed by atoms with Crippen LogP contribution in [0.15, 0.2) is 36.8 Å². The lowest BCUT2D eigenvalue weighted by Crippen LogP contribution is -2.47. The molecule has 0 saturated carbocycles. The average Bonchev–Trinajstić information content (AvgIpc) is 2.56. The standard InChI is InChI=1S/C15H17IN4O/c1-21-13-4-2-3-12(9-13)19-5-7-20(8-6-19)15-14(16)10-17-11-18-15/h2-4,9-11H,5-8H2,1H3. The summed E-state index contributed by atoms with van der Waals surface area (Å²) in [4.78, 5) is 13.1. The molecule has 0 aliphatic carbocycles. The zero-order valence-corrected chi connectivity index (χ0v) is 14.0. The van der Waals surface area contributed by atoms with Crippen molar-refractivity contribution < 1.29 is 4.74 Å². The van der Waals surface area contributed by atoms with Gasteiger partial charge < -0.3 is 14.5 Å². The van der Waals surface area contributed by atoms with Crippen molar-refractivity contribution in [2.45, 2.75) is 0 Å². The van der Waals surface area contributed by atoms with Gasteiger partial charge in [0.2, 0.25) is 0 Å². The Morgan fingerprint density at radius 3 is 2.62 bits per heavy atom. The predicted octanol–water partition coefficient (Wildman–Crippen LogP) is 2.42. The maximum atomic E-state index is 5.30. The first-order valence-corrected chi connectivity index (χ1v) is 7.95. The van der Waals surface area contributed by atoms with Crippen molar-refractivity contribution in [3.8, 4) is 5.75 Å². The van der Waals surface area contributed by atoms with Gasteiger partial charge in [0.1, 0.15) is 17.9 Å². The fourth-order valence-electron chi connectivity index (χ4n) is 2.52. The molecule has 21 heavy (non-hydrogen) atoms. The van der Waals surface area contributed by atoms with Crippen LogP contribution < -0.4 is 14.5 Å². The van der Waals surface area contributed by atoms with E-state index in [0.29, 0.717) is 0 Å². The second-order valence-electron chi connectivity index (χ2n) is 4.87. The Morgan fingerprint density at radius 2 is 1.90 bits per heavy atom. The summed E-state index contributed by atoms with van der Waals surface area (Å²) in [5.41, 5.74) is 1.21. The van der Waals surface area contributed by atoms with E-state index in [0.717, 1.165) is 41.3 Å². The highest BCUT2D eigenvalue weighted by Gasteiger charge is 2.20. The van der Waals surface area contributed by atoms with E-state index >= 15 is 0 Å². The Kier molecular flexibility index (Phi) is 4.42. The first-order valence-electron chi connectivity index (χ1n) is 6.87. The van der Waals surface area contributed by atoms with E-state index in [9.17, 15) is 0 Å². The molecule has 1 aliphatic heterocycles. The third-order valence-electron chi connectivity index (χ3n) is 3.65. The largest absolute Gasteiger partial charge is 0.497 e. The van der Waals surface area contributed by atoms with Gasteiger partial charge in [-0.1, -0.05) is 6.07 Å². The Hall–Kier alpha value is -1.57. The molecular formula is C15H17IN4O. The summed E-state index contributed by atoms with van der Waals surface area (Å²) < 4.78 is 6.40. The third-order valence-corrected chi connectivity index (χ3v) is 4.41. The van der Waals surface area contributed by atoms with E-state index in [1.807, 2.05) is 18.3 Å². The second kappa shape index (κ2) is 6.46. The fraction of sp³-hybridized carbons (Fsp3) is 0.333. The molecule has 1 fully saturated rings. The van der Waals surface area contributed by atoms with Gasteiger partial charge in [0, 0.05) is 44.1 Å². The van der Waals surface area contributed by atoms with E-state index in [-0.39, 0.29) is 0 Å². The van der Waals surface area contributed by atoms with Crippen LogP contribution in [0.3, 0.4) is 0 Å². The summed E-state index contributed by atoms with van der Waals surface area (Å²) in [6.45, 7) is 3.88. The summed E-state index contributed by atoms with van der Waals surface area (Å²) >= 11 is 2.29. The Bertz CT molecular complexity index is 614. The van der Waals surface area contributed by atoms with Crippen LogP contribution in [0, 0.1) is 3.57 Å². The molecule has 110 valence electrons. The van der Waals surface area contributed by atoms with Crippen LogP contribution in [0.4, 0.5) is 11.5 Å². The lowest BCUT2D eigenvalue weighted by atomic mass is 10.2. The van der Waals surface area contributed by atoms with Gasteiger partial charge in [-0.25, -0.2) is 9.97 Å². The van der Waals surface area contributed by atoms with Gasteiger partial charge in [-0.3, -0.25) is 0 Å². The summed E-state index contributed by atoms with van der Waals surface area (Å²) in [5.74, 6) is 1.94. The maximum absolute atomic E-state index is 5.30. The smallest absolute Gasteiger partial charge is 0.145 e. The van der Waals surface area contributed by atoms with Gasteiger partial charge in [0.05, 0.1) is 10.7 Å². The number of ether oxygens (including phenoxy) is 1. The van der Waals surface area contributed by atoms with E-state index in [1.54, 1.807) is 13.4 Å². The van der Waals surface area contributed by atoms with Crippen LogP contribution in [0.5, 0.6) is 5.75 Å². The minimum atomic E-state index is 0.903. The molecule has 1 saturated heterocycles. The van der Waals surface area contributed by atoms with Crippen molar-refractivity contribution in [1.29, 1.82) is 0 Å². The normalized spacial score (nSPS) is 15.1. The zero-order chi connectivity index (χ0) is 14.7. The molecule has 0 radical (unpaired) electrons. The lowest BCUT2D eigenvalue weighted by molar-refractivity contribution is 0.414. The van der Waals surface area contributed by atoms with Crippen LogP contribution in [0.25, 0.3) is 0 Å². The number of nitrogens with zero attached hydrogens (tertiary/aromatic N) is 4. The number of benzene rings is 1. The van der Waals surface area contributed by atoms with Crippen molar-refractivity contribution in [3.05, 3.63) is 40.4 Å². The molecule has 0 atom stereocenters. The molecule has 0 unspecified atom stereocenters. The van der Waals surface area contributed by atoms with Crippen LogP contribution in [-0.2, 0) is 0 Å². The molecule has 1 aromatic carbocycles. The zero-order valence-electron chi connectivity index (χ0n) is 11.9. The highest BCUT2D eigenvalue weighted by Crippen LogP contribution is 2.24. The number of methoxy groups -OCH3 is 1. The first kappa shape index (κ1) is 14.4. The topological polar surface area (TPSA) is 41.5 Å². The van der Waals surface area contributed by atoms with E-state index in [2.05, 4.69) is 54.5 Å². The summed E-state index contributed by atoms with van der Waals surface area (Å²) in [6, 6.07) is 8.23. The monoisotopic (exact) mass is 396 g/mol. The number of rotatable bonds is 3. The molecule has 3 rings (SSSR count). The first-order chi connectivity index (χ1) is 10.3. The summed E-state index contributed by atoms with van der Waals surface area (Å²) in [5, 5.41) is 0. The quantitative estimate of drug-likeness (QED) is 0.746. The van der Waals surface area contributed by atoms with Crippen LogP contribution in [0.2, 0.25) is 0 Å². The second-order valence-corrected chi connectivity index (χ2v) is 6.03. The molecule has 0 amide bonds. The van der Waals surface area contributed by atoms with Crippen LogP contribution in [0.1, 0.15) is 0 Å². The van der Waals surface area contributed by atoms with E-state index < -0.39 is 0 Å². The molecule has 0 spiro atoms. The Morgan fingerprint density at radius 1 is 1.14 bits per heavy atom. The summed E-state index contributed by atoms with van der Waals surface area (Å²) in [6.07, 6.45) is 3.48. The number of hydrogen-bond donors (Lipinski definition) is 0. The molecule has 0 bridgehead atoms. The van der Waals surface area contributed by atoms with E-state index in [4.69, 9.17) is 4.74 Å². The molecule has 1 aromatic heterocycles. The number of anilines is 2. The summed E-state index contributed by atoms with van der Waals surface area (Å²) in [7, 11) is 1.70. The molecule has 0 N–H and O–H groups in total. The van der Waals surface area contributed by atoms with Gasteiger partial charge in [-0.05, 0) is 34.7 Å². The van der Waals surface area contributed by atoms with Gasteiger partial charge in [-0.2, -0.15) is 0 Å². The van der Waals surface area contributed by atoms with Crippen molar-refractivity contribution in [3.63, 3.8) is 0 Å². The Balaban J connectivity index is 1.69. The molecule has 2 aromatic rings. The number of aromatic nitrogens is 2. The average molecular weight is 396 g/mol. The SMILES string of the molecule is COc1cccc(N2CCN(c3ncncc3I)CC2)c1. The highest BCUT2D eigenvalue weighted by atomic mass is 127. The number of halogens is 1.